The number of rotatable bonds is 5. The van der Waals surface area contributed by atoms with Crippen LogP contribution in [0.4, 0.5) is 0 Å². The molecule has 5 heteroatoms. The van der Waals surface area contributed by atoms with E-state index in [9.17, 15) is 0 Å². The van der Waals surface area contributed by atoms with E-state index in [4.69, 9.17) is 5.73 Å². The summed E-state index contributed by atoms with van der Waals surface area (Å²) in [6.45, 7) is 12.0. The average Bonchev–Trinajstić information content (AvgIpc) is 2.68. The molecule has 2 heterocycles. The molecule has 2 aliphatic heterocycles. The third kappa shape index (κ3) is 5.44. The van der Waals surface area contributed by atoms with E-state index < -0.39 is 0 Å². The van der Waals surface area contributed by atoms with Gasteiger partial charge in [-0.1, -0.05) is 31.2 Å². The zero-order valence-electron chi connectivity index (χ0n) is 15.7. The van der Waals surface area contributed by atoms with Gasteiger partial charge in [-0.2, -0.15) is 0 Å². The number of piperidine rings is 1. The Balaban J connectivity index is 1.47. The monoisotopic (exact) mass is 343 g/mol. The Morgan fingerprint density at radius 2 is 1.48 bits per heavy atom. The van der Waals surface area contributed by atoms with Crippen LogP contribution in [0.2, 0.25) is 0 Å². The summed E-state index contributed by atoms with van der Waals surface area (Å²) in [7, 11) is 0. The normalized spacial score (nSPS) is 20.8. The van der Waals surface area contributed by atoms with Crippen molar-refractivity contribution in [3.8, 4) is 0 Å². The van der Waals surface area contributed by atoms with Crippen LogP contribution in [0.5, 0.6) is 0 Å². The molecule has 25 heavy (non-hydrogen) atoms. The third-order valence-corrected chi connectivity index (χ3v) is 5.44. The number of piperazine rings is 1. The van der Waals surface area contributed by atoms with E-state index in [1.54, 1.807) is 0 Å². The van der Waals surface area contributed by atoms with Crippen LogP contribution in [-0.2, 0) is 13.1 Å². The quantitative estimate of drug-likeness (QED) is 0.657. The lowest BCUT2D eigenvalue weighted by Gasteiger charge is -2.34. The van der Waals surface area contributed by atoms with Gasteiger partial charge in [0.15, 0.2) is 5.96 Å². The summed E-state index contributed by atoms with van der Waals surface area (Å²) >= 11 is 0. The molecular formula is C20H33N5. The van der Waals surface area contributed by atoms with Gasteiger partial charge in [-0.05, 0) is 36.9 Å². The van der Waals surface area contributed by atoms with Gasteiger partial charge in [0, 0.05) is 45.8 Å². The van der Waals surface area contributed by atoms with Gasteiger partial charge in [-0.25, -0.2) is 4.99 Å². The summed E-state index contributed by atoms with van der Waals surface area (Å²) < 4.78 is 0. The van der Waals surface area contributed by atoms with Gasteiger partial charge in [0.1, 0.15) is 0 Å². The van der Waals surface area contributed by atoms with Crippen molar-refractivity contribution in [1.29, 1.82) is 0 Å². The van der Waals surface area contributed by atoms with E-state index in [0.29, 0.717) is 12.5 Å². The second kappa shape index (κ2) is 9.20. The molecule has 0 bridgehead atoms. The molecule has 0 atom stereocenters. The summed E-state index contributed by atoms with van der Waals surface area (Å²) in [5.41, 5.74) is 8.76. The van der Waals surface area contributed by atoms with E-state index in [0.717, 1.165) is 19.6 Å². The fourth-order valence-corrected chi connectivity index (χ4v) is 3.67. The highest BCUT2D eigenvalue weighted by atomic mass is 15.3. The average molecular weight is 344 g/mol. The fraction of sp³-hybridized carbons (Fsp3) is 0.650. The molecule has 2 N–H and O–H groups in total. The van der Waals surface area contributed by atoms with Gasteiger partial charge in [0.2, 0.25) is 0 Å². The molecule has 0 radical (unpaired) electrons. The van der Waals surface area contributed by atoms with Crippen molar-refractivity contribution in [3.05, 3.63) is 35.4 Å². The number of nitrogens with two attached hydrogens (primary N) is 1. The van der Waals surface area contributed by atoms with Crippen molar-refractivity contribution in [2.45, 2.75) is 39.3 Å². The summed E-state index contributed by atoms with van der Waals surface area (Å²) in [6.07, 6.45) is 3.79. The zero-order chi connectivity index (χ0) is 17.5. The van der Waals surface area contributed by atoms with Gasteiger partial charge in [-0.3, -0.25) is 4.90 Å². The minimum absolute atomic E-state index is 0.678. The Morgan fingerprint density at radius 3 is 2.12 bits per heavy atom. The maximum absolute atomic E-state index is 6.14. The van der Waals surface area contributed by atoms with Gasteiger partial charge in [0.25, 0.3) is 0 Å². The van der Waals surface area contributed by atoms with Gasteiger partial charge in [0.05, 0.1) is 6.54 Å². The Kier molecular flexibility index (Phi) is 6.70. The SMILES string of the molecule is CCN1CCN(Cc2ccc(CN=C(N)N3CCCCC3)cc2)CC1. The van der Waals surface area contributed by atoms with Crippen LogP contribution < -0.4 is 5.73 Å². The lowest BCUT2D eigenvalue weighted by Crippen LogP contribution is -2.45. The predicted molar refractivity (Wildman–Crippen MR) is 105 cm³/mol. The van der Waals surface area contributed by atoms with Crippen LogP contribution in [0, 0.1) is 0 Å². The van der Waals surface area contributed by atoms with E-state index >= 15 is 0 Å². The second-order valence-electron chi connectivity index (χ2n) is 7.25. The summed E-state index contributed by atoms with van der Waals surface area (Å²) in [6, 6.07) is 8.89. The molecule has 2 fully saturated rings. The molecule has 1 aromatic carbocycles. The first-order chi connectivity index (χ1) is 12.2. The molecule has 138 valence electrons. The number of guanidine groups is 1. The van der Waals surface area contributed by atoms with Gasteiger partial charge in [-0.15, -0.1) is 0 Å². The number of likely N-dealkylation sites (tertiary alicyclic amines) is 1. The first-order valence-electron chi connectivity index (χ1n) is 9.82. The number of benzene rings is 1. The molecule has 0 aliphatic carbocycles. The highest BCUT2D eigenvalue weighted by molar-refractivity contribution is 5.78. The Labute approximate surface area is 152 Å². The van der Waals surface area contributed by atoms with Crippen molar-refractivity contribution in [1.82, 2.24) is 14.7 Å². The summed E-state index contributed by atoms with van der Waals surface area (Å²) in [5, 5.41) is 0. The second-order valence-corrected chi connectivity index (χ2v) is 7.25. The van der Waals surface area contributed by atoms with Crippen molar-refractivity contribution in [3.63, 3.8) is 0 Å². The van der Waals surface area contributed by atoms with Crippen LogP contribution in [0.25, 0.3) is 0 Å². The van der Waals surface area contributed by atoms with Gasteiger partial charge < -0.3 is 15.5 Å². The van der Waals surface area contributed by atoms with Crippen LogP contribution in [0.1, 0.15) is 37.3 Å². The number of nitrogens with zero attached hydrogens (tertiary/aromatic N) is 4. The first-order valence-corrected chi connectivity index (χ1v) is 9.82. The van der Waals surface area contributed by atoms with Crippen LogP contribution in [0.3, 0.4) is 0 Å². The molecule has 1 aromatic rings. The van der Waals surface area contributed by atoms with E-state index in [1.165, 1.54) is 63.1 Å². The molecule has 0 saturated carbocycles. The van der Waals surface area contributed by atoms with E-state index in [2.05, 4.69) is 50.9 Å². The molecule has 2 aliphatic rings. The van der Waals surface area contributed by atoms with Crippen molar-refractivity contribution in [2.24, 2.45) is 10.7 Å². The fourth-order valence-electron chi connectivity index (χ4n) is 3.67. The Hall–Kier alpha value is -1.59. The summed E-state index contributed by atoms with van der Waals surface area (Å²) in [5.74, 6) is 0.706. The first kappa shape index (κ1) is 18.2. The van der Waals surface area contributed by atoms with Crippen LogP contribution in [0.15, 0.2) is 29.3 Å². The molecule has 0 aromatic heterocycles. The highest BCUT2D eigenvalue weighted by Crippen LogP contribution is 2.12. The Bertz CT molecular complexity index is 540. The molecule has 0 amide bonds. The van der Waals surface area contributed by atoms with Crippen molar-refractivity contribution < 1.29 is 0 Å². The molecule has 2 saturated heterocycles. The number of hydrogen-bond donors (Lipinski definition) is 1. The minimum atomic E-state index is 0.678. The van der Waals surface area contributed by atoms with E-state index in [-0.39, 0.29) is 0 Å². The minimum Gasteiger partial charge on any atom is -0.370 e. The smallest absolute Gasteiger partial charge is 0.191 e. The van der Waals surface area contributed by atoms with E-state index in [1.807, 2.05) is 0 Å². The number of likely N-dealkylation sites (N-methyl/N-ethyl adjacent to an activating group) is 1. The zero-order valence-corrected chi connectivity index (χ0v) is 15.7. The number of aliphatic imine (C=N–C) groups is 1. The molecule has 5 nitrogen and oxygen atoms in total. The Morgan fingerprint density at radius 1 is 0.880 bits per heavy atom. The maximum atomic E-state index is 6.14. The van der Waals surface area contributed by atoms with Crippen molar-refractivity contribution >= 4 is 5.96 Å². The largest absolute Gasteiger partial charge is 0.370 e. The maximum Gasteiger partial charge on any atom is 0.191 e. The summed E-state index contributed by atoms with van der Waals surface area (Å²) in [4.78, 5) is 11.9. The molecule has 0 spiro atoms. The lowest BCUT2D eigenvalue weighted by atomic mass is 10.1. The van der Waals surface area contributed by atoms with Crippen molar-refractivity contribution in [2.75, 3.05) is 45.8 Å². The molecule has 3 rings (SSSR count). The lowest BCUT2D eigenvalue weighted by molar-refractivity contribution is 0.132. The molecule has 0 unspecified atom stereocenters. The third-order valence-electron chi connectivity index (χ3n) is 5.44. The highest BCUT2D eigenvalue weighted by Gasteiger charge is 2.15. The number of hydrogen-bond acceptors (Lipinski definition) is 3. The molecular weight excluding hydrogens is 310 g/mol. The predicted octanol–water partition coefficient (Wildman–Crippen LogP) is 2.12. The standard InChI is InChI=1S/C20H33N5/c1-2-23-12-14-24(15-13-23)17-19-8-6-18(7-9-19)16-22-20(21)25-10-4-3-5-11-25/h6-9H,2-5,10-17H2,1H3,(H2,21,22). The van der Waals surface area contributed by atoms with Crippen LogP contribution >= 0.6 is 0 Å². The topological polar surface area (TPSA) is 48.1 Å². The van der Waals surface area contributed by atoms with Crippen LogP contribution in [-0.4, -0.2) is 66.5 Å². The van der Waals surface area contributed by atoms with Gasteiger partial charge >= 0.3 is 0 Å².